The highest BCUT2D eigenvalue weighted by Gasteiger charge is 2.42. The van der Waals surface area contributed by atoms with Crippen molar-refractivity contribution in [1.29, 1.82) is 5.26 Å². The second-order valence-electron chi connectivity index (χ2n) is 7.53. The van der Waals surface area contributed by atoms with Crippen LogP contribution in [0.1, 0.15) is 30.0 Å². The molecule has 10 heteroatoms. The third kappa shape index (κ3) is 5.84. The molecule has 182 valence electrons. The Morgan fingerprint density at radius 1 is 0.914 bits per heavy atom. The van der Waals surface area contributed by atoms with Crippen LogP contribution in [-0.4, -0.2) is 5.78 Å². The van der Waals surface area contributed by atoms with E-state index in [1.165, 1.54) is 24.3 Å². The molecular formula is C25H17Cl3F3NO3. The highest BCUT2D eigenvalue weighted by molar-refractivity contribution is 6.42. The van der Waals surface area contributed by atoms with Crippen molar-refractivity contribution in [2.45, 2.75) is 32.0 Å². The van der Waals surface area contributed by atoms with E-state index in [0.29, 0.717) is 5.56 Å². The topological polar surface area (TPSA) is 59.3 Å². The number of Topliss-reactive ketones (excluding diaryl/α,β-unsaturated/α-hetero) is 1. The van der Waals surface area contributed by atoms with Crippen LogP contribution in [0.3, 0.4) is 0 Å². The highest BCUT2D eigenvalue weighted by atomic mass is 35.5. The number of aryl methyl sites for hydroxylation is 1. The first-order valence-electron chi connectivity index (χ1n) is 10.1. The first-order chi connectivity index (χ1) is 16.4. The number of carbonyl (C=O) groups is 1. The fourth-order valence-electron chi connectivity index (χ4n) is 3.29. The van der Waals surface area contributed by atoms with Crippen LogP contribution in [0.25, 0.3) is 0 Å². The van der Waals surface area contributed by atoms with E-state index < -0.39 is 23.1 Å². The standard InChI is InChI=1S/C25H17Cl3F3NO3/c1-3-23(33)24(13-32,15-4-6-19(26)20(27)10-15)35-18-9-14(2)8-17(12-18)34-22-7-5-16(11-21(22)28)25(29,30)31/h4-12H,3H2,1-2H3. The second-order valence-corrected chi connectivity index (χ2v) is 8.75. The monoisotopic (exact) mass is 541 g/mol. The number of hydrogen-bond donors (Lipinski definition) is 0. The van der Waals surface area contributed by atoms with E-state index in [-0.39, 0.29) is 44.3 Å². The summed E-state index contributed by atoms with van der Waals surface area (Å²) in [5.41, 5.74) is -2.12. The van der Waals surface area contributed by atoms with Crippen molar-refractivity contribution < 1.29 is 27.4 Å². The number of ether oxygens (including phenoxy) is 2. The molecule has 3 aromatic rings. The molecule has 0 aromatic heterocycles. The van der Waals surface area contributed by atoms with Gasteiger partial charge in [-0.15, -0.1) is 0 Å². The summed E-state index contributed by atoms with van der Waals surface area (Å²) in [7, 11) is 0. The number of nitrogens with zero attached hydrogens (tertiary/aromatic N) is 1. The fourth-order valence-corrected chi connectivity index (χ4v) is 3.80. The molecule has 1 atom stereocenters. The van der Waals surface area contributed by atoms with Crippen LogP contribution in [0, 0.1) is 18.3 Å². The van der Waals surface area contributed by atoms with Crippen molar-refractivity contribution in [1.82, 2.24) is 0 Å². The Hall–Kier alpha value is -2.92. The maximum absolute atomic E-state index is 12.9. The SMILES string of the molecule is CCC(=O)C(C#N)(Oc1cc(C)cc(Oc2ccc(C(F)(F)F)cc2Cl)c1)c1ccc(Cl)c(Cl)c1. The van der Waals surface area contributed by atoms with Gasteiger partial charge in [0.15, 0.2) is 5.78 Å². The van der Waals surface area contributed by atoms with Crippen LogP contribution in [0.5, 0.6) is 17.2 Å². The Kier molecular flexibility index (Phi) is 7.90. The normalized spacial score (nSPS) is 13.0. The molecule has 3 aromatic carbocycles. The smallest absolute Gasteiger partial charge is 0.416 e. The van der Waals surface area contributed by atoms with Crippen LogP contribution in [0.4, 0.5) is 13.2 Å². The van der Waals surface area contributed by atoms with Gasteiger partial charge in [-0.25, -0.2) is 0 Å². The molecule has 0 spiro atoms. The lowest BCUT2D eigenvalue weighted by Gasteiger charge is -2.27. The van der Waals surface area contributed by atoms with Gasteiger partial charge in [0.1, 0.15) is 23.3 Å². The molecule has 0 saturated carbocycles. The summed E-state index contributed by atoms with van der Waals surface area (Å²) in [5.74, 6) is -0.255. The van der Waals surface area contributed by atoms with Crippen molar-refractivity contribution in [3.63, 3.8) is 0 Å². The van der Waals surface area contributed by atoms with E-state index in [1.807, 2.05) is 6.07 Å². The maximum Gasteiger partial charge on any atom is 0.416 e. The molecule has 0 aliphatic carbocycles. The molecule has 0 fully saturated rings. The second kappa shape index (κ2) is 10.4. The first-order valence-corrected chi connectivity index (χ1v) is 11.3. The summed E-state index contributed by atoms with van der Waals surface area (Å²) < 4.78 is 50.4. The molecule has 3 rings (SSSR count). The minimum absolute atomic E-state index is 0.00978. The van der Waals surface area contributed by atoms with E-state index in [2.05, 4.69) is 0 Å². The summed E-state index contributed by atoms with van der Waals surface area (Å²) in [5, 5.41) is 10.2. The van der Waals surface area contributed by atoms with E-state index in [0.717, 1.165) is 18.2 Å². The lowest BCUT2D eigenvalue weighted by molar-refractivity contribution is -0.137. The number of rotatable bonds is 7. The summed E-state index contributed by atoms with van der Waals surface area (Å²) in [4.78, 5) is 12.9. The Morgan fingerprint density at radius 3 is 2.11 bits per heavy atom. The summed E-state index contributed by atoms with van der Waals surface area (Å²) in [6.07, 6.45) is -4.56. The van der Waals surface area contributed by atoms with Gasteiger partial charge < -0.3 is 9.47 Å². The van der Waals surface area contributed by atoms with Gasteiger partial charge in [-0.3, -0.25) is 4.79 Å². The van der Waals surface area contributed by atoms with Crippen molar-refractivity contribution in [3.8, 4) is 23.3 Å². The molecule has 0 heterocycles. The highest BCUT2D eigenvalue weighted by Crippen LogP contribution is 2.39. The molecule has 0 saturated heterocycles. The van der Waals surface area contributed by atoms with Gasteiger partial charge in [0.25, 0.3) is 5.60 Å². The molecule has 4 nitrogen and oxygen atoms in total. The van der Waals surface area contributed by atoms with Gasteiger partial charge in [0.05, 0.1) is 20.6 Å². The van der Waals surface area contributed by atoms with Gasteiger partial charge in [-0.2, -0.15) is 18.4 Å². The zero-order chi connectivity index (χ0) is 26.0. The van der Waals surface area contributed by atoms with Gasteiger partial charge >= 0.3 is 6.18 Å². The van der Waals surface area contributed by atoms with E-state index >= 15 is 0 Å². The summed E-state index contributed by atoms with van der Waals surface area (Å²) in [6.45, 7) is 3.30. The van der Waals surface area contributed by atoms with E-state index in [1.54, 1.807) is 26.0 Å². The molecule has 35 heavy (non-hydrogen) atoms. The third-order valence-corrected chi connectivity index (χ3v) is 6.01. The van der Waals surface area contributed by atoms with Crippen LogP contribution < -0.4 is 9.47 Å². The number of alkyl halides is 3. The van der Waals surface area contributed by atoms with Crippen molar-refractivity contribution >= 4 is 40.6 Å². The molecule has 0 aliphatic rings. The van der Waals surface area contributed by atoms with Gasteiger partial charge in [-0.05, 0) is 55.0 Å². The van der Waals surface area contributed by atoms with E-state index in [9.17, 15) is 23.2 Å². The fraction of sp³-hybridized carbons (Fsp3) is 0.200. The quantitative estimate of drug-likeness (QED) is 0.300. The largest absolute Gasteiger partial charge is 0.461 e. The number of halogens is 6. The predicted octanol–water partition coefficient (Wildman–Crippen LogP) is 8.54. The average Bonchev–Trinajstić information content (AvgIpc) is 2.79. The Labute approximate surface area is 214 Å². The summed E-state index contributed by atoms with van der Waals surface area (Å²) in [6, 6.07) is 13.5. The van der Waals surface area contributed by atoms with Gasteiger partial charge in [-0.1, -0.05) is 47.8 Å². The van der Waals surface area contributed by atoms with E-state index in [4.69, 9.17) is 44.3 Å². The maximum atomic E-state index is 12.9. The number of ketones is 1. The number of carbonyl (C=O) groups excluding carboxylic acids is 1. The van der Waals surface area contributed by atoms with Crippen LogP contribution >= 0.6 is 34.8 Å². The number of nitriles is 1. The van der Waals surface area contributed by atoms with Crippen molar-refractivity contribution in [3.05, 3.63) is 86.4 Å². The van der Waals surface area contributed by atoms with Gasteiger partial charge in [0.2, 0.25) is 0 Å². The summed E-state index contributed by atoms with van der Waals surface area (Å²) >= 11 is 18.1. The number of hydrogen-bond acceptors (Lipinski definition) is 4. The van der Waals surface area contributed by atoms with Crippen LogP contribution in [0.2, 0.25) is 15.1 Å². The Morgan fingerprint density at radius 2 is 1.54 bits per heavy atom. The zero-order valence-corrected chi connectivity index (χ0v) is 20.6. The molecular weight excluding hydrogens is 526 g/mol. The zero-order valence-electron chi connectivity index (χ0n) is 18.3. The lowest BCUT2D eigenvalue weighted by Crippen LogP contribution is -2.40. The molecule has 0 amide bonds. The van der Waals surface area contributed by atoms with Crippen molar-refractivity contribution in [2.24, 2.45) is 0 Å². The lowest BCUT2D eigenvalue weighted by atomic mass is 9.89. The Bertz CT molecular complexity index is 1320. The molecule has 0 radical (unpaired) electrons. The van der Waals surface area contributed by atoms with Crippen LogP contribution in [-0.2, 0) is 16.6 Å². The molecule has 0 aliphatic heterocycles. The minimum atomic E-state index is -4.55. The van der Waals surface area contributed by atoms with Crippen LogP contribution in [0.15, 0.2) is 54.6 Å². The molecule has 0 bridgehead atoms. The first kappa shape index (κ1) is 26.7. The van der Waals surface area contributed by atoms with Gasteiger partial charge in [0, 0.05) is 18.1 Å². The van der Waals surface area contributed by atoms with Crippen molar-refractivity contribution in [2.75, 3.05) is 0 Å². The minimum Gasteiger partial charge on any atom is -0.461 e. The average molecular weight is 543 g/mol. The molecule has 0 N–H and O–H groups in total. The third-order valence-electron chi connectivity index (χ3n) is 4.98. The predicted molar refractivity (Wildman–Crippen MR) is 127 cm³/mol. The molecule has 1 unspecified atom stereocenters. The number of benzene rings is 3. The Balaban J connectivity index is 2.01.